The first-order valence-corrected chi connectivity index (χ1v) is 6.57. The van der Waals surface area contributed by atoms with E-state index in [9.17, 15) is 0 Å². The molecular formula is C16H19NO3. The molecule has 0 saturated carbocycles. The van der Waals surface area contributed by atoms with E-state index in [2.05, 4.69) is 6.92 Å². The number of nitrogens with two attached hydrogens (primary N) is 1. The zero-order valence-corrected chi connectivity index (χ0v) is 11.8. The third kappa shape index (κ3) is 3.57. The van der Waals surface area contributed by atoms with Crippen molar-refractivity contribution in [2.45, 2.75) is 13.3 Å². The Labute approximate surface area is 119 Å². The van der Waals surface area contributed by atoms with Crippen LogP contribution in [0.15, 0.2) is 42.5 Å². The van der Waals surface area contributed by atoms with Crippen LogP contribution in [0.25, 0.3) is 0 Å². The summed E-state index contributed by atoms with van der Waals surface area (Å²) in [5.74, 6) is 2.86. The highest BCUT2D eigenvalue weighted by Crippen LogP contribution is 2.30. The molecule has 0 heterocycles. The van der Waals surface area contributed by atoms with Crippen LogP contribution >= 0.6 is 0 Å². The molecule has 2 aromatic rings. The van der Waals surface area contributed by atoms with E-state index >= 15 is 0 Å². The van der Waals surface area contributed by atoms with Crippen molar-refractivity contribution in [2.24, 2.45) is 0 Å². The highest BCUT2D eigenvalue weighted by atomic mass is 16.5. The van der Waals surface area contributed by atoms with Gasteiger partial charge < -0.3 is 19.9 Å². The number of hydrogen-bond acceptors (Lipinski definition) is 4. The van der Waals surface area contributed by atoms with Crippen LogP contribution in [0.3, 0.4) is 0 Å². The summed E-state index contributed by atoms with van der Waals surface area (Å²) >= 11 is 0. The van der Waals surface area contributed by atoms with Crippen LogP contribution in [0, 0.1) is 0 Å². The van der Waals surface area contributed by atoms with E-state index in [1.807, 2.05) is 24.3 Å². The summed E-state index contributed by atoms with van der Waals surface area (Å²) in [5.41, 5.74) is 6.35. The number of nitrogen functional groups attached to an aromatic ring is 1. The van der Waals surface area contributed by atoms with Gasteiger partial charge in [0.15, 0.2) is 0 Å². The highest BCUT2D eigenvalue weighted by molar-refractivity contribution is 5.56. The average Bonchev–Trinajstić information content (AvgIpc) is 2.48. The van der Waals surface area contributed by atoms with Gasteiger partial charge in [0.2, 0.25) is 0 Å². The molecule has 106 valence electrons. The molecule has 0 unspecified atom stereocenters. The van der Waals surface area contributed by atoms with Gasteiger partial charge in [0, 0.05) is 6.07 Å². The summed E-state index contributed by atoms with van der Waals surface area (Å²) in [6, 6.07) is 12.8. The molecule has 0 aliphatic heterocycles. The first kappa shape index (κ1) is 14.1. The van der Waals surface area contributed by atoms with Crippen LogP contribution in [0.4, 0.5) is 5.69 Å². The number of rotatable bonds is 6. The summed E-state index contributed by atoms with van der Waals surface area (Å²) in [6.07, 6.45) is 0.990. The third-order valence-corrected chi connectivity index (χ3v) is 2.74. The van der Waals surface area contributed by atoms with Gasteiger partial charge in [0.25, 0.3) is 0 Å². The molecule has 4 nitrogen and oxygen atoms in total. The Bertz CT molecular complexity index is 552. The lowest BCUT2D eigenvalue weighted by molar-refractivity contribution is 0.317. The second-order valence-electron chi connectivity index (χ2n) is 4.33. The first-order chi connectivity index (χ1) is 9.72. The van der Waals surface area contributed by atoms with E-state index in [0.29, 0.717) is 17.2 Å². The molecule has 0 spiro atoms. The minimum Gasteiger partial charge on any atom is -0.494 e. The predicted molar refractivity (Wildman–Crippen MR) is 79.7 cm³/mol. The van der Waals surface area contributed by atoms with Crippen LogP contribution in [-0.2, 0) is 0 Å². The van der Waals surface area contributed by atoms with Crippen LogP contribution in [-0.4, -0.2) is 13.7 Å². The Kier molecular flexibility index (Phi) is 4.71. The number of hydrogen-bond donors (Lipinski definition) is 1. The standard InChI is InChI=1S/C16H19NO3/c1-3-10-19-12-4-6-13(7-5-12)20-14-8-9-15(17)16(11-14)18-2/h4-9,11H,3,10,17H2,1-2H3. The quantitative estimate of drug-likeness (QED) is 0.812. The molecule has 2 rings (SSSR count). The first-order valence-electron chi connectivity index (χ1n) is 6.57. The Hall–Kier alpha value is -2.36. The lowest BCUT2D eigenvalue weighted by atomic mass is 10.2. The van der Waals surface area contributed by atoms with Crippen LogP contribution in [0.5, 0.6) is 23.0 Å². The molecule has 0 atom stereocenters. The smallest absolute Gasteiger partial charge is 0.145 e. The molecule has 0 aromatic heterocycles. The maximum atomic E-state index is 5.76. The van der Waals surface area contributed by atoms with Gasteiger partial charge in [-0.05, 0) is 42.8 Å². The fraction of sp³-hybridized carbons (Fsp3) is 0.250. The van der Waals surface area contributed by atoms with Crippen LogP contribution in [0.1, 0.15) is 13.3 Å². The van der Waals surface area contributed by atoms with Crippen molar-refractivity contribution < 1.29 is 14.2 Å². The van der Waals surface area contributed by atoms with Crippen molar-refractivity contribution in [2.75, 3.05) is 19.5 Å². The Morgan fingerprint density at radius 1 is 0.950 bits per heavy atom. The van der Waals surface area contributed by atoms with Gasteiger partial charge in [0.05, 0.1) is 19.4 Å². The monoisotopic (exact) mass is 273 g/mol. The summed E-state index contributed by atoms with van der Waals surface area (Å²) in [6.45, 7) is 2.79. The van der Waals surface area contributed by atoms with Crippen molar-refractivity contribution in [1.29, 1.82) is 0 Å². The van der Waals surface area contributed by atoms with E-state index in [-0.39, 0.29) is 0 Å². The molecule has 0 aliphatic carbocycles. The van der Waals surface area contributed by atoms with Crippen LogP contribution in [0.2, 0.25) is 0 Å². The fourth-order valence-electron chi connectivity index (χ4n) is 1.71. The highest BCUT2D eigenvalue weighted by Gasteiger charge is 2.03. The van der Waals surface area contributed by atoms with Crippen molar-refractivity contribution in [3.63, 3.8) is 0 Å². The fourth-order valence-corrected chi connectivity index (χ4v) is 1.71. The Morgan fingerprint density at radius 2 is 1.60 bits per heavy atom. The molecule has 4 heteroatoms. The van der Waals surface area contributed by atoms with Gasteiger partial charge in [-0.1, -0.05) is 6.92 Å². The molecule has 0 saturated heterocycles. The summed E-state index contributed by atoms with van der Waals surface area (Å²) < 4.78 is 16.4. The average molecular weight is 273 g/mol. The second kappa shape index (κ2) is 6.70. The third-order valence-electron chi connectivity index (χ3n) is 2.74. The van der Waals surface area contributed by atoms with Crippen molar-refractivity contribution in [1.82, 2.24) is 0 Å². The summed E-state index contributed by atoms with van der Waals surface area (Å²) in [7, 11) is 1.58. The van der Waals surface area contributed by atoms with Crippen molar-refractivity contribution in [3.05, 3.63) is 42.5 Å². The van der Waals surface area contributed by atoms with E-state index in [1.165, 1.54) is 0 Å². The summed E-state index contributed by atoms with van der Waals surface area (Å²) in [5, 5.41) is 0. The minimum absolute atomic E-state index is 0.586. The topological polar surface area (TPSA) is 53.7 Å². The maximum Gasteiger partial charge on any atom is 0.145 e. The zero-order valence-electron chi connectivity index (χ0n) is 11.8. The molecule has 0 radical (unpaired) electrons. The van der Waals surface area contributed by atoms with Gasteiger partial charge in [-0.25, -0.2) is 0 Å². The largest absolute Gasteiger partial charge is 0.494 e. The molecule has 0 amide bonds. The van der Waals surface area contributed by atoms with Crippen LogP contribution < -0.4 is 19.9 Å². The van der Waals surface area contributed by atoms with Gasteiger partial charge >= 0.3 is 0 Å². The number of benzene rings is 2. The molecular weight excluding hydrogens is 254 g/mol. The lowest BCUT2D eigenvalue weighted by Gasteiger charge is -2.10. The number of methoxy groups -OCH3 is 1. The summed E-state index contributed by atoms with van der Waals surface area (Å²) in [4.78, 5) is 0. The van der Waals surface area contributed by atoms with Gasteiger partial charge in [-0.3, -0.25) is 0 Å². The van der Waals surface area contributed by atoms with Crippen molar-refractivity contribution in [3.8, 4) is 23.0 Å². The Balaban J connectivity index is 2.06. The predicted octanol–water partition coefficient (Wildman–Crippen LogP) is 3.86. The van der Waals surface area contributed by atoms with Gasteiger partial charge in [-0.15, -0.1) is 0 Å². The lowest BCUT2D eigenvalue weighted by Crippen LogP contribution is -1.95. The minimum atomic E-state index is 0.586. The molecule has 0 fully saturated rings. The maximum absolute atomic E-state index is 5.76. The van der Waals surface area contributed by atoms with Gasteiger partial charge in [-0.2, -0.15) is 0 Å². The normalized spacial score (nSPS) is 10.1. The second-order valence-corrected chi connectivity index (χ2v) is 4.33. The molecule has 2 aromatic carbocycles. The van der Waals surface area contributed by atoms with E-state index < -0.39 is 0 Å². The zero-order chi connectivity index (χ0) is 14.4. The van der Waals surface area contributed by atoms with Crippen molar-refractivity contribution >= 4 is 5.69 Å². The van der Waals surface area contributed by atoms with E-state index in [4.69, 9.17) is 19.9 Å². The van der Waals surface area contributed by atoms with Gasteiger partial charge in [0.1, 0.15) is 23.0 Å². The molecule has 20 heavy (non-hydrogen) atoms. The SMILES string of the molecule is CCCOc1ccc(Oc2ccc(N)c(OC)c2)cc1. The van der Waals surface area contributed by atoms with E-state index in [0.717, 1.165) is 24.5 Å². The number of ether oxygens (including phenoxy) is 3. The molecule has 2 N–H and O–H groups in total. The van der Waals surface area contributed by atoms with E-state index in [1.54, 1.807) is 25.3 Å². The number of anilines is 1. The Morgan fingerprint density at radius 3 is 2.25 bits per heavy atom. The molecule has 0 bridgehead atoms. The molecule has 0 aliphatic rings.